The Kier molecular flexibility index (Phi) is 5.12. The SMILES string of the molecule is CNC(=O)C(CC(C)C)NC(=O)C1CNC(=O)C1. The third-order valence-corrected chi connectivity index (χ3v) is 2.93. The summed E-state index contributed by atoms with van der Waals surface area (Å²) >= 11 is 0. The predicted molar refractivity (Wildman–Crippen MR) is 66.6 cm³/mol. The van der Waals surface area contributed by atoms with E-state index in [-0.39, 0.29) is 30.1 Å². The molecule has 1 fully saturated rings. The Morgan fingerprint density at radius 1 is 1.44 bits per heavy atom. The molecule has 1 aliphatic heterocycles. The smallest absolute Gasteiger partial charge is 0.242 e. The number of hydrogen-bond donors (Lipinski definition) is 3. The summed E-state index contributed by atoms with van der Waals surface area (Å²) in [4.78, 5) is 34.6. The Bertz CT molecular complexity index is 341. The molecule has 2 unspecified atom stereocenters. The summed E-state index contributed by atoms with van der Waals surface area (Å²) in [6.45, 7) is 4.33. The first-order chi connectivity index (χ1) is 8.43. The quantitative estimate of drug-likeness (QED) is 0.613. The number of nitrogens with one attached hydrogen (secondary N) is 3. The molecule has 0 spiro atoms. The minimum Gasteiger partial charge on any atom is -0.357 e. The molecule has 1 saturated heterocycles. The Balaban J connectivity index is 2.56. The molecule has 0 aromatic heterocycles. The molecule has 1 aliphatic rings. The van der Waals surface area contributed by atoms with Gasteiger partial charge in [0.25, 0.3) is 0 Å². The predicted octanol–water partition coefficient (Wildman–Crippen LogP) is -0.601. The molecule has 6 nitrogen and oxygen atoms in total. The van der Waals surface area contributed by atoms with Gasteiger partial charge in [-0.15, -0.1) is 0 Å². The van der Waals surface area contributed by atoms with Gasteiger partial charge in [0, 0.05) is 20.0 Å². The number of rotatable bonds is 5. The van der Waals surface area contributed by atoms with E-state index < -0.39 is 6.04 Å². The van der Waals surface area contributed by atoms with E-state index in [1.165, 1.54) is 0 Å². The minimum atomic E-state index is -0.529. The van der Waals surface area contributed by atoms with Crippen molar-refractivity contribution in [2.75, 3.05) is 13.6 Å². The van der Waals surface area contributed by atoms with Crippen LogP contribution in [0.3, 0.4) is 0 Å². The molecular weight excluding hydrogens is 234 g/mol. The molecular formula is C12H21N3O3. The summed E-state index contributed by atoms with van der Waals surface area (Å²) in [6, 6.07) is -0.529. The van der Waals surface area contributed by atoms with Crippen molar-refractivity contribution in [2.24, 2.45) is 11.8 Å². The Labute approximate surface area is 107 Å². The van der Waals surface area contributed by atoms with Gasteiger partial charge in [-0.3, -0.25) is 14.4 Å². The topological polar surface area (TPSA) is 87.3 Å². The fourth-order valence-electron chi connectivity index (χ4n) is 1.96. The molecule has 0 aromatic rings. The lowest BCUT2D eigenvalue weighted by molar-refractivity contribution is -0.131. The van der Waals surface area contributed by atoms with Crippen molar-refractivity contribution in [1.29, 1.82) is 0 Å². The average Bonchev–Trinajstić information content (AvgIpc) is 2.73. The van der Waals surface area contributed by atoms with Gasteiger partial charge in [-0.25, -0.2) is 0 Å². The highest BCUT2D eigenvalue weighted by Gasteiger charge is 2.30. The summed E-state index contributed by atoms with van der Waals surface area (Å²) in [7, 11) is 1.54. The van der Waals surface area contributed by atoms with E-state index in [1.807, 2.05) is 13.8 Å². The van der Waals surface area contributed by atoms with Crippen LogP contribution in [0.15, 0.2) is 0 Å². The Morgan fingerprint density at radius 3 is 2.56 bits per heavy atom. The lowest BCUT2D eigenvalue weighted by Crippen LogP contribution is -2.48. The van der Waals surface area contributed by atoms with Crippen molar-refractivity contribution < 1.29 is 14.4 Å². The van der Waals surface area contributed by atoms with E-state index in [2.05, 4.69) is 16.0 Å². The Morgan fingerprint density at radius 2 is 2.11 bits per heavy atom. The van der Waals surface area contributed by atoms with Crippen LogP contribution in [0.2, 0.25) is 0 Å². The van der Waals surface area contributed by atoms with Gasteiger partial charge in [-0.1, -0.05) is 13.8 Å². The minimum absolute atomic E-state index is 0.115. The van der Waals surface area contributed by atoms with Gasteiger partial charge >= 0.3 is 0 Å². The van der Waals surface area contributed by atoms with E-state index in [1.54, 1.807) is 7.05 Å². The maximum atomic E-state index is 11.9. The number of carbonyl (C=O) groups excluding carboxylic acids is 3. The van der Waals surface area contributed by atoms with Gasteiger partial charge in [0.05, 0.1) is 5.92 Å². The monoisotopic (exact) mass is 255 g/mol. The maximum Gasteiger partial charge on any atom is 0.242 e. The van der Waals surface area contributed by atoms with Crippen LogP contribution in [0.1, 0.15) is 26.7 Å². The van der Waals surface area contributed by atoms with Gasteiger partial charge in [-0.05, 0) is 12.3 Å². The lowest BCUT2D eigenvalue weighted by Gasteiger charge is -2.20. The van der Waals surface area contributed by atoms with Gasteiger partial charge in [-0.2, -0.15) is 0 Å². The second kappa shape index (κ2) is 6.37. The van der Waals surface area contributed by atoms with Gasteiger partial charge in [0.1, 0.15) is 6.04 Å². The molecule has 102 valence electrons. The standard InChI is InChI=1S/C12H21N3O3/c1-7(2)4-9(12(18)13-3)15-11(17)8-5-10(16)14-6-8/h7-9H,4-6H2,1-3H3,(H,13,18)(H,14,16)(H,15,17). The summed E-state index contributed by atoms with van der Waals surface area (Å²) in [5.74, 6) is -0.611. The van der Waals surface area contributed by atoms with Gasteiger partial charge < -0.3 is 16.0 Å². The van der Waals surface area contributed by atoms with Crippen LogP contribution >= 0.6 is 0 Å². The number of amides is 3. The molecule has 3 amide bonds. The zero-order chi connectivity index (χ0) is 13.7. The first kappa shape index (κ1) is 14.5. The summed E-state index contributed by atoms with van der Waals surface area (Å²) in [6.07, 6.45) is 0.785. The van der Waals surface area contributed by atoms with Gasteiger partial charge in [0.15, 0.2) is 0 Å². The van der Waals surface area contributed by atoms with Crippen molar-refractivity contribution in [3.8, 4) is 0 Å². The molecule has 0 aliphatic carbocycles. The van der Waals surface area contributed by atoms with E-state index in [0.717, 1.165) is 0 Å². The van der Waals surface area contributed by atoms with E-state index >= 15 is 0 Å². The van der Waals surface area contributed by atoms with E-state index in [4.69, 9.17) is 0 Å². The zero-order valence-electron chi connectivity index (χ0n) is 11.1. The molecule has 0 radical (unpaired) electrons. The maximum absolute atomic E-state index is 11.9. The van der Waals surface area contributed by atoms with Crippen LogP contribution in [-0.4, -0.2) is 37.4 Å². The van der Waals surface area contributed by atoms with Crippen LogP contribution in [0.25, 0.3) is 0 Å². The van der Waals surface area contributed by atoms with Crippen molar-refractivity contribution in [2.45, 2.75) is 32.7 Å². The fourth-order valence-corrected chi connectivity index (χ4v) is 1.96. The molecule has 0 aromatic carbocycles. The third-order valence-electron chi connectivity index (χ3n) is 2.93. The molecule has 0 bridgehead atoms. The molecule has 3 N–H and O–H groups in total. The highest BCUT2D eigenvalue weighted by atomic mass is 16.2. The summed E-state index contributed by atoms with van der Waals surface area (Å²) < 4.78 is 0. The van der Waals surface area contributed by atoms with Crippen molar-refractivity contribution in [3.05, 3.63) is 0 Å². The van der Waals surface area contributed by atoms with Crippen molar-refractivity contribution in [1.82, 2.24) is 16.0 Å². The van der Waals surface area contributed by atoms with Gasteiger partial charge in [0.2, 0.25) is 17.7 Å². The third kappa shape index (κ3) is 4.01. The van der Waals surface area contributed by atoms with Crippen molar-refractivity contribution >= 4 is 17.7 Å². The summed E-state index contributed by atoms with van der Waals surface area (Å²) in [5.41, 5.74) is 0. The second-order valence-corrected chi connectivity index (χ2v) is 5.01. The van der Waals surface area contributed by atoms with Crippen LogP contribution in [0.5, 0.6) is 0 Å². The normalized spacial score (nSPS) is 20.4. The van der Waals surface area contributed by atoms with E-state index in [0.29, 0.717) is 18.9 Å². The average molecular weight is 255 g/mol. The summed E-state index contributed by atoms with van der Waals surface area (Å²) in [5, 5.41) is 7.86. The van der Waals surface area contributed by atoms with Crippen LogP contribution in [-0.2, 0) is 14.4 Å². The number of hydrogen-bond acceptors (Lipinski definition) is 3. The Hall–Kier alpha value is -1.59. The van der Waals surface area contributed by atoms with E-state index in [9.17, 15) is 14.4 Å². The molecule has 18 heavy (non-hydrogen) atoms. The second-order valence-electron chi connectivity index (χ2n) is 5.01. The molecule has 6 heteroatoms. The highest BCUT2D eigenvalue weighted by Crippen LogP contribution is 2.11. The molecule has 1 rings (SSSR count). The number of likely N-dealkylation sites (N-methyl/N-ethyl adjacent to an activating group) is 1. The van der Waals surface area contributed by atoms with Crippen LogP contribution in [0.4, 0.5) is 0 Å². The largest absolute Gasteiger partial charge is 0.357 e. The van der Waals surface area contributed by atoms with Crippen LogP contribution in [0, 0.1) is 11.8 Å². The van der Waals surface area contributed by atoms with Crippen LogP contribution < -0.4 is 16.0 Å². The lowest BCUT2D eigenvalue weighted by atomic mass is 10.0. The zero-order valence-corrected chi connectivity index (χ0v) is 11.1. The van der Waals surface area contributed by atoms with Crippen molar-refractivity contribution in [3.63, 3.8) is 0 Å². The fraction of sp³-hybridized carbons (Fsp3) is 0.750. The molecule has 1 heterocycles. The highest BCUT2D eigenvalue weighted by molar-refractivity contribution is 5.92. The number of carbonyl (C=O) groups is 3. The first-order valence-electron chi connectivity index (χ1n) is 6.22. The first-order valence-corrected chi connectivity index (χ1v) is 6.22. The molecule has 2 atom stereocenters. The molecule has 0 saturated carbocycles.